The van der Waals surface area contributed by atoms with E-state index in [1.54, 1.807) is 19.9 Å². The van der Waals surface area contributed by atoms with E-state index in [0.717, 1.165) is 12.8 Å². The van der Waals surface area contributed by atoms with Crippen molar-refractivity contribution in [3.63, 3.8) is 0 Å². The highest BCUT2D eigenvalue weighted by molar-refractivity contribution is 5.95. The van der Waals surface area contributed by atoms with Crippen LogP contribution in [0.25, 0.3) is 0 Å². The Balaban J connectivity index is 1.68. The molecule has 1 saturated carbocycles. The number of anilines is 1. The largest absolute Gasteiger partial charge is 0.488 e. The minimum Gasteiger partial charge on any atom is -0.488 e. The average Bonchev–Trinajstić information content (AvgIpc) is 3.64. The van der Waals surface area contributed by atoms with Crippen LogP contribution in [0.15, 0.2) is 36.7 Å². The molecule has 0 radical (unpaired) electrons. The molecular weight excluding hydrogens is 448 g/mol. The highest BCUT2D eigenvalue weighted by Crippen LogP contribution is 2.31. The summed E-state index contributed by atoms with van der Waals surface area (Å²) in [6, 6.07) is 2.47. The Bertz CT molecular complexity index is 1080. The molecule has 182 valence electrons. The first-order valence-corrected chi connectivity index (χ1v) is 10.8. The molecule has 3 rings (SSSR count). The van der Waals surface area contributed by atoms with Crippen molar-refractivity contribution >= 4 is 17.8 Å². The summed E-state index contributed by atoms with van der Waals surface area (Å²) in [5.74, 6) is -3.74. The van der Waals surface area contributed by atoms with Gasteiger partial charge in [0.15, 0.2) is 12.4 Å². The van der Waals surface area contributed by atoms with Crippen LogP contribution in [0.4, 0.5) is 14.7 Å². The van der Waals surface area contributed by atoms with Crippen molar-refractivity contribution in [3.05, 3.63) is 47.9 Å². The van der Waals surface area contributed by atoms with Crippen LogP contribution < -0.4 is 20.1 Å². The number of halogens is 2. The number of nitrogens with zero attached hydrogens (tertiary/aromatic N) is 3. The molecule has 2 N–H and O–H groups in total. The molecule has 1 atom stereocenters. The number of nitrogens with one attached hydrogen (secondary N) is 2. The lowest BCUT2D eigenvalue weighted by molar-refractivity contribution is -0.117. The highest BCUT2D eigenvalue weighted by Gasteiger charge is 2.32. The first-order valence-electron chi connectivity index (χ1n) is 10.8. The Hall–Kier alpha value is -3.63. The summed E-state index contributed by atoms with van der Waals surface area (Å²) in [5, 5.41) is 5.38. The second-order valence-electron chi connectivity index (χ2n) is 8.00. The zero-order valence-electron chi connectivity index (χ0n) is 19.2. The molecular formula is C23H27F2N5O4. The summed E-state index contributed by atoms with van der Waals surface area (Å²) in [4.78, 5) is 36.8. The maximum Gasteiger partial charge on any atom is 0.302 e. The van der Waals surface area contributed by atoms with Crippen LogP contribution in [0.1, 0.15) is 55.7 Å². The monoisotopic (exact) mass is 475 g/mol. The minimum absolute atomic E-state index is 0.0212. The molecule has 0 aliphatic heterocycles. The number of ether oxygens (including phenoxy) is 2. The fourth-order valence-electron chi connectivity index (χ4n) is 2.79. The molecule has 1 aliphatic carbocycles. The van der Waals surface area contributed by atoms with Gasteiger partial charge in [-0.05, 0) is 56.9 Å². The Kier molecular flexibility index (Phi) is 7.75. The molecule has 9 nitrogen and oxygen atoms in total. The summed E-state index contributed by atoms with van der Waals surface area (Å²) < 4.78 is 38.3. The van der Waals surface area contributed by atoms with E-state index >= 15 is 0 Å². The predicted octanol–water partition coefficient (Wildman–Crippen LogP) is 3.70. The van der Waals surface area contributed by atoms with Crippen LogP contribution in [0.5, 0.6) is 11.6 Å². The number of carbonyl (C=O) groups is 2. The number of hydrogen-bond donors (Lipinski definition) is 2. The smallest absolute Gasteiger partial charge is 0.302 e. The standard InChI is InChI=1S/C23H27F2N5O4/c1-5-33-18-10-16(11-27-21(18)34-12-23(24,25)13(2)3)14(4)28-20(32)17-8-9-26-22(29-17)30-19(31)15-6-7-15/h8-11,14-15H,2,5-7,12H2,1,3-4H3,(H,28,32)(H,26,29,30,31). The maximum absolute atomic E-state index is 13.8. The van der Waals surface area contributed by atoms with Gasteiger partial charge in [0.2, 0.25) is 11.9 Å². The Morgan fingerprint density at radius 2 is 2.03 bits per heavy atom. The molecule has 2 heterocycles. The van der Waals surface area contributed by atoms with Crippen LogP contribution in [0.3, 0.4) is 0 Å². The lowest BCUT2D eigenvalue weighted by Crippen LogP contribution is -2.28. The summed E-state index contributed by atoms with van der Waals surface area (Å²) in [6.45, 7) is 7.28. The van der Waals surface area contributed by atoms with Gasteiger partial charge in [-0.15, -0.1) is 0 Å². The van der Waals surface area contributed by atoms with Crippen LogP contribution >= 0.6 is 0 Å². The maximum atomic E-state index is 13.8. The summed E-state index contributed by atoms with van der Waals surface area (Å²) in [7, 11) is 0. The molecule has 11 heteroatoms. The van der Waals surface area contributed by atoms with E-state index in [2.05, 4.69) is 32.2 Å². The molecule has 0 aromatic carbocycles. The second-order valence-corrected chi connectivity index (χ2v) is 8.00. The fourth-order valence-corrected chi connectivity index (χ4v) is 2.79. The molecule has 0 spiro atoms. The van der Waals surface area contributed by atoms with Crippen molar-refractivity contribution in [2.45, 2.75) is 45.6 Å². The highest BCUT2D eigenvalue weighted by atomic mass is 19.3. The van der Waals surface area contributed by atoms with Gasteiger partial charge in [0.05, 0.1) is 12.6 Å². The summed E-state index contributed by atoms with van der Waals surface area (Å²) >= 11 is 0. The number of amides is 2. The Morgan fingerprint density at radius 3 is 2.68 bits per heavy atom. The number of rotatable bonds is 11. The molecule has 2 aromatic heterocycles. The molecule has 0 bridgehead atoms. The SMILES string of the molecule is C=C(C)C(F)(F)COc1ncc(C(C)NC(=O)c2ccnc(NC(=O)C3CC3)n2)cc1OCC. The minimum atomic E-state index is -3.21. The van der Waals surface area contributed by atoms with Crippen molar-refractivity contribution in [1.29, 1.82) is 0 Å². The van der Waals surface area contributed by atoms with E-state index in [0.29, 0.717) is 5.56 Å². The van der Waals surface area contributed by atoms with E-state index in [9.17, 15) is 18.4 Å². The van der Waals surface area contributed by atoms with Gasteiger partial charge >= 0.3 is 5.92 Å². The van der Waals surface area contributed by atoms with Crippen molar-refractivity contribution in [2.24, 2.45) is 5.92 Å². The summed E-state index contributed by atoms with van der Waals surface area (Å²) in [6.07, 6.45) is 4.46. The van der Waals surface area contributed by atoms with Gasteiger partial charge in [0, 0.05) is 18.3 Å². The number of aromatic nitrogens is 3. The topological polar surface area (TPSA) is 115 Å². The lowest BCUT2D eigenvalue weighted by atomic mass is 10.1. The zero-order valence-corrected chi connectivity index (χ0v) is 19.2. The third kappa shape index (κ3) is 6.46. The van der Waals surface area contributed by atoms with E-state index in [1.807, 2.05) is 0 Å². The van der Waals surface area contributed by atoms with Crippen LogP contribution in [0, 0.1) is 5.92 Å². The van der Waals surface area contributed by atoms with Crippen LogP contribution in [-0.4, -0.2) is 45.9 Å². The second kappa shape index (κ2) is 10.5. The number of pyridine rings is 1. The van der Waals surface area contributed by atoms with Gasteiger partial charge in [0.1, 0.15) is 5.69 Å². The predicted molar refractivity (Wildman–Crippen MR) is 120 cm³/mol. The third-order valence-corrected chi connectivity index (χ3v) is 5.07. The average molecular weight is 475 g/mol. The number of carbonyl (C=O) groups excluding carboxylic acids is 2. The van der Waals surface area contributed by atoms with E-state index in [-0.39, 0.29) is 47.3 Å². The zero-order chi connectivity index (χ0) is 24.9. The molecule has 2 amide bonds. The van der Waals surface area contributed by atoms with E-state index < -0.39 is 24.5 Å². The van der Waals surface area contributed by atoms with Gasteiger partial charge in [-0.1, -0.05) is 6.58 Å². The van der Waals surface area contributed by atoms with Gasteiger partial charge in [0.25, 0.3) is 11.8 Å². The molecule has 1 fully saturated rings. The molecule has 1 unspecified atom stereocenters. The first kappa shape index (κ1) is 25.0. The summed E-state index contributed by atoms with van der Waals surface area (Å²) in [5.41, 5.74) is 0.318. The van der Waals surface area contributed by atoms with E-state index in [4.69, 9.17) is 9.47 Å². The molecule has 1 aliphatic rings. The molecule has 2 aromatic rings. The van der Waals surface area contributed by atoms with Crippen molar-refractivity contribution in [2.75, 3.05) is 18.5 Å². The van der Waals surface area contributed by atoms with Gasteiger partial charge in [-0.25, -0.2) is 15.0 Å². The van der Waals surface area contributed by atoms with E-state index in [1.165, 1.54) is 25.4 Å². The van der Waals surface area contributed by atoms with Crippen molar-refractivity contribution in [1.82, 2.24) is 20.3 Å². The normalized spacial score (nSPS) is 14.1. The number of hydrogen-bond acceptors (Lipinski definition) is 7. The third-order valence-electron chi connectivity index (χ3n) is 5.07. The molecule has 0 saturated heterocycles. The van der Waals surface area contributed by atoms with Gasteiger partial charge < -0.3 is 14.8 Å². The quantitative estimate of drug-likeness (QED) is 0.476. The molecule has 34 heavy (non-hydrogen) atoms. The Labute approximate surface area is 196 Å². The first-order chi connectivity index (χ1) is 16.1. The van der Waals surface area contributed by atoms with Crippen molar-refractivity contribution < 1.29 is 27.8 Å². The number of alkyl halides is 2. The van der Waals surface area contributed by atoms with Crippen LogP contribution in [-0.2, 0) is 4.79 Å². The van der Waals surface area contributed by atoms with Gasteiger partial charge in [-0.3, -0.25) is 14.9 Å². The van der Waals surface area contributed by atoms with Crippen molar-refractivity contribution in [3.8, 4) is 11.6 Å². The lowest BCUT2D eigenvalue weighted by Gasteiger charge is -2.19. The fraction of sp³-hybridized carbons (Fsp3) is 0.435. The van der Waals surface area contributed by atoms with Gasteiger partial charge in [-0.2, -0.15) is 8.78 Å². The Morgan fingerprint density at radius 1 is 1.29 bits per heavy atom. The van der Waals surface area contributed by atoms with Crippen LogP contribution in [0.2, 0.25) is 0 Å².